The number of oxazole rings is 1. The average molecular weight is 306 g/mol. The molecule has 0 saturated carbocycles. The molecule has 1 aromatic heterocycles. The zero-order valence-corrected chi connectivity index (χ0v) is 9.41. The van der Waals surface area contributed by atoms with Gasteiger partial charge in [-0.1, -0.05) is 23.7 Å². The van der Waals surface area contributed by atoms with Gasteiger partial charge in [-0.2, -0.15) is 0 Å². The van der Waals surface area contributed by atoms with Crippen LogP contribution in [-0.4, -0.2) is 4.98 Å². The molecule has 2 nitrogen and oxygen atoms in total. The minimum atomic E-state index is 0.632. The quantitative estimate of drug-likeness (QED) is 0.752. The number of halogens is 2. The molecule has 2 aromatic rings. The maximum Gasteiger partial charge on any atom is 0.257 e. The van der Waals surface area contributed by atoms with Gasteiger partial charge in [0.1, 0.15) is 12.0 Å². The Labute approximate surface area is 94.1 Å². The molecular weight excluding hydrogens is 300 g/mol. The van der Waals surface area contributed by atoms with Gasteiger partial charge in [0.05, 0.1) is 0 Å². The van der Waals surface area contributed by atoms with Gasteiger partial charge in [-0.05, 0) is 12.1 Å². The summed E-state index contributed by atoms with van der Waals surface area (Å²) in [5, 5.41) is 0.704. The second-order valence-corrected chi connectivity index (χ2v) is 3.86. The topological polar surface area (TPSA) is 26.0 Å². The Bertz CT molecular complexity index is 427. The molecule has 0 bridgehead atoms. The highest BCUT2D eigenvalue weighted by molar-refractivity contribution is 14.1. The number of hydrogen-bond acceptors (Lipinski definition) is 2. The fourth-order valence-corrected chi connectivity index (χ4v) is 1.61. The Balaban J connectivity index is 2.46. The summed E-state index contributed by atoms with van der Waals surface area (Å²) >= 11 is 7.87. The van der Waals surface area contributed by atoms with Crippen LogP contribution in [-0.2, 0) is 0 Å². The molecule has 0 atom stereocenters. The lowest BCUT2D eigenvalue weighted by Crippen LogP contribution is -1.77. The lowest BCUT2D eigenvalue weighted by molar-refractivity contribution is 0.525. The summed E-state index contributed by atoms with van der Waals surface area (Å²) in [7, 11) is 0. The lowest BCUT2D eigenvalue weighted by atomic mass is 10.2. The molecule has 1 aromatic carbocycles. The monoisotopic (exact) mass is 305 g/mol. The first-order chi connectivity index (χ1) is 6.25. The highest BCUT2D eigenvalue weighted by atomic mass is 127. The maximum absolute atomic E-state index is 5.84. The molecule has 0 saturated heterocycles. The van der Waals surface area contributed by atoms with Crippen molar-refractivity contribution in [3.05, 3.63) is 39.4 Å². The van der Waals surface area contributed by atoms with E-state index >= 15 is 0 Å². The summed E-state index contributed by atoms with van der Waals surface area (Å²) in [4.78, 5) is 4.18. The number of aromatic nitrogens is 1. The van der Waals surface area contributed by atoms with Gasteiger partial charge < -0.3 is 4.42 Å². The average Bonchev–Trinajstić information content (AvgIpc) is 2.52. The van der Waals surface area contributed by atoms with Crippen LogP contribution in [0.5, 0.6) is 0 Å². The van der Waals surface area contributed by atoms with E-state index in [4.69, 9.17) is 16.0 Å². The fourth-order valence-electron chi connectivity index (χ4n) is 1.03. The molecule has 66 valence electrons. The molecule has 0 N–H and O–H groups in total. The van der Waals surface area contributed by atoms with Gasteiger partial charge in [0.2, 0.25) is 0 Å². The van der Waals surface area contributed by atoms with Crippen molar-refractivity contribution in [1.29, 1.82) is 0 Å². The van der Waals surface area contributed by atoms with Crippen LogP contribution < -0.4 is 0 Å². The molecule has 0 aliphatic carbocycles. The van der Waals surface area contributed by atoms with Crippen molar-refractivity contribution in [2.45, 2.75) is 0 Å². The van der Waals surface area contributed by atoms with E-state index in [-0.39, 0.29) is 0 Å². The zero-order valence-electron chi connectivity index (χ0n) is 6.50. The molecule has 1 heterocycles. The molecule has 0 spiro atoms. The molecule has 0 fully saturated rings. The van der Waals surface area contributed by atoms with Crippen molar-refractivity contribution in [3.8, 4) is 11.3 Å². The Hall–Kier alpha value is -0.550. The molecular formula is C9H5ClINO. The van der Waals surface area contributed by atoms with Crippen molar-refractivity contribution in [3.63, 3.8) is 0 Å². The molecule has 13 heavy (non-hydrogen) atoms. The van der Waals surface area contributed by atoms with E-state index in [0.29, 0.717) is 8.92 Å². The highest BCUT2D eigenvalue weighted by Crippen LogP contribution is 2.22. The van der Waals surface area contributed by atoms with Crippen LogP contribution in [0.25, 0.3) is 11.3 Å². The van der Waals surface area contributed by atoms with Gasteiger partial charge in [0.15, 0.2) is 0 Å². The maximum atomic E-state index is 5.84. The third-order valence-corrected chi connectivity index (χ3v) is 2.33. The van der Waals surface area contributed by atoms with Gasteiger partial charge in [0, 0.05) is 33.2 Å². The molecule has 0 aliphatic heterocycles. The standard InChI is InChI=1S/C9H5ClINO/c10-7-3-1-2-6(4-7)8-5-13-9(11)12-8/h1-5H. The zero-order chi connectivity index (χ0) is 9.26. The van der Waals surface area contributed by atoms with Crippen molar-refractivity contribution < 1.29 is 4.42 Å². The molecule has 0 unspecified atom stereocenters. The molecule has 0 radical (unpaired) electrons. The largest absolute Gasteiger partial charge is 0.440 e. The van der Waals surface area contributed by atoms with E-state index in [9.17, 15) is 0 Å². The number of nitrogens with zero attached hydrogens (tertiary/aromatic N) is 1. The Kier molecular flexibility index (Phi) is 2.55. The van der Waals surface area contributed by atoms with Crippen molar-refractivity contribution in [2.24, 2.45) is 0 Å². The first-order valence-corrected chi connectivity index (χ1v) is 5.08. The molecule has 0 aliphatic rings. The van der Waals surface area contributed by atoms with Gasteiger partial charge in [-0.3, -0.25) is 0 Å². The molecule has 0 amide bonds. The van der Waals surface area contributed by atoms with Gasteiger partial charge in [-0.25, -0.2) is 4.98 Å². The van der Waals surface area contributed by atoms with E-state index in [1.54, 1.807) is 6.26 Å². The van der Waals surface area contributed by atoms with Gasteiger partial charge in [-0.15, -0.1) is 0 Å². The van der Waals surface area contributed by atoms with Gasteiger partial charge >= 0.3 is 0 Å². The summed E-state index contributed by atoms with van der Waals surface area (Å²) in [5.74, 6) is 0. The van der Waals surface area contributed by atoms with Crippen LogP contribution in [0.4, 0.5) is 0 Å². The van der Waals surface area contributed by atoms with E-state index in [1.165, 1.54) is 0 Å². The second-order valence-electron chi connectivity index (χ2n) is 2.50. The summed E-state index contributed by atoms with van der Waals surface area (Å²) in [6.45, 7) is 0. The van der Waals surface area contributed by atoms with E-state index in [0.717, 1.165) is 11.3 Å². The molecule has 2 rings (SSSR count). The highest BCUT2D eigenvalue weighted by Gasteiger charge is 2.03. The predicted octanol–water partition coefficient (Wildman–Crippen LogP) is 3.60. The summed E-state index contributed by atoms with van der Waals surface area (Å²) in [6, 6.07) is 7.52. The first kappa shape index (κ1) is 9.02. The summed E-state index contributed by atoms with van der Waals surface area (Å²) in [6.07, 6.45) is 1.62. The van der Waals surface area contributed by atoms with E-state index < -0.39 is 0 Å². The molecule has 4 heteroatoms. The SMILES string of the molecule is Clc1cccc(-c2coc(I)n2)c1. The third-order valence-electron chi connectivity index (χ3n) is 1.60. The van der Waals surface area contributed by atoms with Gasteiger partial charge in [0.25, 0.3) is 3.90 Å². The van der Waals surface area contributed by atoms with Crippen LogP contribution in [0.15, 0.2) is 34.9 Å². The van der Waals surface area contributed by atoms with Crippen molar-refractivity contribution >= 4 is 34.2 Å². The first-order valence-electron chi connectivity index (χ1n) is 3.63. The second kappa shape index (κ2) is 3.67. The fraction of sp³-hybridized carbons (Fsp3) is 0. The Morgan fingerprint density at radius 3 is 2.85 bits per heavy atom. The lowest BCUT2D eigenvalue weighted by Gasteiger charge is -1.94. The van der Waals surface area contributed by atoms with Crippen LogP contribution in [0.3, 0.4) is 0 Å². The van der Waals surface area contributed by atoms with Crippen LogP contribution >= 0.6 is 34.2 Å². The minimum Gasteiger partial charge on any atom is -0.440 e. The van der Waals surface area contributed by atoms with Crippen LogP contribution in [0.2, 0.25) is 5.02 Å². The smallest absolute Gasteiger partial charge is 0.257 e. The number of benzene rings is 1. The Morgan fingerprint density at radius 1 is 1.38 bits per heavy atom. The van der Waals surface area contributed by atoms with Crippen LogP contribution in [0, 0.1) is 3.90 Å². The van der Waals surface area contributed by atoms with Crippen molar-refractivity contribution in [1.82, 2.24) is 4.98 Å². The normalized spacial score (nSPS) is 10.3. The summed E-state index contributed by atoms with van der Waals surface area (Å²) < 4.78 is 5.72. The van der Waals surface area contributed by atoms with E-state index in [2.05, 4.69) is 4.98 Å². The van der Waals surface area contributed by atoms with Crippen molar-refractivity contribution in [2.75, 3.05) is 0 Å². The number of rotatable bonds is 1. The van der Waals surface area contributed by atoms with E-state index in [1.807, 2.05) is 46.9 Å². The summed E-state index contributed by atoms with van der Waals surface area (Å²) in [5.41, 5.74) is 1.78. The predicted molar refractivity (Wildman–Crippen MR) is 59.7 cm³/mol. The minimum absolute atomic E-state index is 0.632. The number of hydrogen-bond donors (Lipinski definition) is 0. The third kappa shape index (κ3) is 2.03. The Morgan fingerprint density at radius 2 is 2.23 bits per heavy atom. The van der Waals surface area contributed by atoms with Crippen LogP contribution in [0.1, 0.15) is 0 Å².